The molecule has 13 heteroatoms. The zero-order chi connectivity index (χ0) is 20.6. The van der Waals surface area contributed by atoms with Crippen LogP contribution in [0.2, 0.25) is 0 Å². The number of aliphatic carboxylic acids is 3. The third-order valence-electron chi connectivity index (χ3n) is 2.30. The van der Waals surface area contributed by atoms with Gasteiger partial charge >= 0.3 is 17.9 Å². The second-order valence-corrected chi connectivity index (χ2v) is 4.63. The Morgan fingerprint density at radius 1 is 1.12 bits per heavy atom. The predicted octanol–water partition coefficient (Wildman–Crippen LogP) is -3.53. The lowest BCUT2D eigenvalue weighted by Crippen LogP contribution is -2.39. The monoisotopic (exact) mass is 368 g/mol. The van der Waals surface area contributed by atoms with Crippen LogP contribution in [0, 0.1) is 5.41 Å². The van der Waals surface area contributed by atoms with Crippen LogP contribution in [0.25, 0.3) is 0 Å². The van der Waals surface area contributed by atoms with Gasteiger partial charge in [0.25, 0.3) is 0 Å². The molecule has 0 aliphatic heterocycles. The largest absolute Gasteiger partial charge is 0.480 e. The van der Waals surface area contributed by atoms with Crippen LogP contribution in [-0.4, -0.2) is 75.6 Å². The Hall–Kier alpha value is -2.48. The van der Waals surface area contributed by atoms with Crippen LogP contribution in [0.1, 0.15) is 19.8 Å². The lowest BCUT2D eigenvalue weighted by molar-refractivity contribution is -0.141. The SMILES string of the molecule is C[C@@H](O)[C@H](N)C(=O)O.N=C(N)NCCC[C@H](N)C(=O)O.NCC(=O)O. The molecule has 0 bridgehead atoms. The van der Waals surface area contributed by atoms with Crippen molar-refractivity contribution in [3.8, 4) is 0 Å². The van der Waals surface area contributed by atoms with Gasteiger partial charge in [0.2, 0.25) is 0 Å². The van der Waals surface area contributed by atoms with Crippen molar-refractivity contribution in [3.63, 3.8) is 0 Å². The Labute approximate surface area is 144 Å². The molecule has 0 radical (unpaired) electrons. The summed E-state index contributed by atoms with van der Waals surface area (Å²) in [5, 5.41) is 41.9. The molecule has 3 atom stereocenters. The maximum atomic E-state index is 10.2. The Kier molecular flexibility index (Phi) is 17.9. The Balaban J connectivity index is -0.000000321. The van der Waals surface area contributed by atoms with Crippen LogP contribution in [-0.2, 0) is 14.4 Å². The van der Waals surface area contributed by atoms with Gasteiger partial charge < -0.3 is 48.7 Å². The summed E-state index contributed by atoms with van der Waals surface area (Å²) in [7, 11) is 0. The number of carboxylic acid groups (broad SMARTS) is 3. The molecular formula is C12H28N6O7. The van der Waals surface area contributed by atoms with Crippen LogP contribution in [0.3, 0.4) is 0 Å². The zero-order valence-corrected chi connectivity index (χ0v) is 13.9. The van der Waals surface area contributed by atoms with Gasteiger partial charge in [-0.05, 0) is 19.8 Å². The predicted molar refractivity (Wildman–Crippen MR) is 88.7 cm³/mol. The smallest absolute Gasteiger partial charge is 0.323 e. The van der Waals surface area contributed by atoms with E-state index in [0.29, 0.717) is 19.4 Å². The highest BCUT2D eigenvalue weighted by Crippen LogP contribution is 1.92. The molecule has 0 aromatic carbocycles. The highest BCUT2D eigenvalue weighted by atomic mass is 16.4. The highest BCUT2D eigenvalue weighted by Gasteiger charge is 2.16. The minimum absolute atomic E-state index is 0.112. The molecule has 13 nitrogen and oxygen atoms in total. The average molecular weight is 368 g/mol. The van der Waals surface area contributed by atoms with Crippen molar-refractivity contribution in [1.82, 2.24) is 5.32 Å². The van der Waals surface area contributed by atoms with Crippen molar-refractivity contribution in [2.45, 2.75) is 38.0 Å². The van der Waals surface area contributed by atoms with Gasteiger partial charge in [-0.3, -0.25) is 19.8 Å². The number of guanidine groups is 1. The fraction of sp³-hybridized carbons (Fsp3) is 0.667. The lowest BCUT2D eigenvalue weighted by atomic mass is 10.2. The van der Waals surface area contributed by atoms with Crippen molar-refractivity contribution in [1.29, 1.82) is 5.41 Å². The van der Waals surface area contributed by atoms with E-state index in [4.69, 9.17) is 43.0 Å². The molecule has 0 aliphatic carbocycles. The van der Waals surface area contributed by atoms with Crippen LogP contribution in [0.15, 0.2) is 0 Å². The number of nitrogens with two attached hydrogens (primary N) is 4. The summed E-state index contributed by atoms with van der Waals surface area (Å²) in [5.41, 5.74) is 19.7. The van der Waals surface area contributed by atoms with Gasteiger partial charge in [0, 0.05) is 6.54 Å². The van der Waals surface area contributed by atoms with Crippen molar-refractivity contribution < 1.29 is 34.8 Å². The van der Waals surface area contributed by atoms with Crippen molar-refractivity contribution in [2.75, 3.05) is 13.1 Å². The minimum atomic E-state index is -1.18. The number of carbonyl (C=O) groups is 3. The Morgan fingerprint density at radius 3 is 1.76 bits per heavy atom. The average Bonchev–Trinajstić information content (AvgIpc) is 2.51. The van der Waals surface area contributed by atoms with E-state index < -0.39 is 36.1 Å². The van der Waals surface area contributed by atoms with E-state index in [2.05, 4.69) is 11.1 Å². The van der Waals surface area contributed by atoms with Gasteiger partial charge in [-0.15, -0.1) is 0 Å². The van der Waals surface area contributed by atoms with Gasteiger partial charge in [-0.25, -0.2) is 0 Å². The van der Waals surface area contributed by atoms with E-state index in [1.807, 2.05) is 0 Å². The van der Waals surface area contributed by atoms with Crippen LogP contribution < -0.4 is 28.3 Å². The molecule has 0 aromatic rings. The summed E-state index contributed by atoms with van der Waals surface area (Å²) in [6.45, 7) is 1.54. The molecule has 0 fully saturated rings. The summed E-state index contributed by atoms with van der Waals surface area (Å²) in [4.78, 5) is 29.3. The topological polar surface area (TPSA) is 272 Å². The van der Waals surface area contributed by atoms with Gasteiger partial charge in [-0.1, -0.05) is 0 Å². The fourth-order valence-electron chi connectivity index (χ4n) is 0.875. The number of rotatable bonds is 8. The van der Waals surface area contributed by atoms with E-state index in [1.54, 1.807) is 0 Å². The number of carboxylic acids is 3. The maximum Gasteiger partial charge on any atom is 0.323 e. The minimum Gasteiger partial charge on any atom is -0.480 e. The van der Waals surface area contributed by atoms with Crippen molar-refractivity contribution in [3.05, 3.63) is 0 Å². The first kappa shape index (κ1) is 27.4. The standard InChI is InChI=1S/C6H14N4O2.C4H9NO3.C2H5NO2/c7-4(5(11)12)2-1-3-10-6(8)9;1-2(6)3(5)4(7)8;3-1-2(4)5/h4H,1-3,7H2,(H,11,12)(H4,8,9,10);2-3,6H,5H2,1H3,(H,7,8);1,3H2,(H,4,5)/t4-;2-,3+;/m01./s1. The highest BCUT2D eigenvalue weighted by molar-refractivity contribution is 5.74. The van der Waals surface area contributed by atoms with Gasteiger partial charge in [0.05, 0.1) is 12.6 Å². The normalized spacial score (nSPS) is 12.8. The molecule has 0 amide bonds. The molecule has 0 aromatic heterocycles. The first-order valence-corrected chi connectivity index (χ1v) is 7.01. The van der Waals surface area contributed by atoms with Gasteiger partial charge in [-0.2, -0.15) is 0 Å². The number of aliphatic hydroxyl groups is 1. The molecule has 14 N–H and O–H groups in total. The molecule has 0 spiro atoms. The van der Waals surface area contributed by atoms with Crippen molar-refractivity contribution >= 4 is 23.9 Å². The van der Waals surface area contributed by atoms with Crippen molar-refractivity contribution in [2.24, 2.45) is 22.9 Å². The third kappa shape index (κ3) is 23.9. The second-order valence-electron chi connectivity index (χ2n) is 4.63. The first-order valence-electron chi connectivity index (χ1n) is 7.01. The molecular weight excluding hydrogens is 340 g/mol. The number of hydrogen-bond acceptors (Lipinski definition) is 8. The van der Waals surface area contributed by atoms with Gasteiger partial charge in [0.15, 0.2) is 5.96 Å². The Morgan fingerprint density at radius 2 is 1.56 bits per heavy atom. The molecule has 0 heterocycles. The molecule has 25 heavy (non-hydrogen) atoms. The molecule has 0 saturated carbocycles. The first-order chi connectivity index (χ1) is 11.4. The fourth-order valence-corrected chi connectivity index (χ4v) is 0.875. The second kappa shape index (κ2) is 16.4. The number of hydrogen-bond donors (Lipinski definition) is 10. The maximum absolute atomic E-state index is 10.2. The molecule has 0 saturated heterocycles. The van der Waals surface area contributed by atoms with Crippen LogP contribution in [0.5, 0.6) is 0 Å². The summed E-state index contributed by atoms with van der Waals surface area (Å²) in [6.07, 6.45) is -0.00431. The number of aliphatic hydroxyl groups excluding tert-OH is 1. The number of nitrogens with one attached hydrogen (secondary N) is 2. The molecule has 0 rings (SSSR count). The summed E-state index contributed by atoms with van der Waals surface area (Å²) in [6, 6.07) is -1.98. The lowest BCUT2D eigenvalue weighted by Gasteiger charge is -2.06. The summed E-state index contributed by atoms with van der Waals surface area (Å²) in [5.74, 6) is -3.26. The molecule has 148 valence electrons. The van der Waals surface area contributed by atoms with Gasteiger partial charge in [0.1, 0.15) is 12.1 Å². The molecule has 0 unspecified atom stereocenters. The summed E-state index contributed by atoms with van der Waals surface area (Å²) < 4.78 is 0. The molecule has 0 aliphatic rings. The summed E-state index contributed by atoms with van der Waals surface area (Å²) >= 11 is 0. The van der Waals surface area contributed by atoms with E-state index in [-0.39, 0.29) is 12.5 Å². The van der Waals surface area contributed by atoms with Crippen LogP contribution >= 0.6 is 0 Å². The Bertz CT molecular complexity index is 419. The van der Waals surface area contributed by atoms with E-state index in [9.17, 15) is 14.4 Å². The van der Waals surface area contributed by atoms with Crippen LogP contribution in [0.4, 0.5) is 0 Å². The van der Waals surface area contributed by atoms with E-state index in [1.165, 1.54) is 6.92 Å². The zero-order valence-electron chi connectivity index (χ0n) is 13.9. The van der Waals surface area contributed by atoms with E-state index >= 15 is 0 Å². The quantitative estimate of drug-likeness (QED) is 0.113. The third-order valence-corrected chi connectivity index (χ3v) is 2.30. The van der Waals surface area contributed by atoms with E-state index in [0.717, 1.165) is 0 Å².